The molecule has 0 spiro atoms. The van der Waals surface area contributed by atoms with E-state index in [9.17, 15) is 4.79 Å². The Kier molecular flexibility index (Phi) is 5.89. The molecule has 0 radical (unpaired) electrons. The molecule has 33 heavy (non-hydrogen) atoms. The first-order valence-corrected chi connectivity index (χ1v) is 11.7. The smallest absolute Gasteiger partial charge is 0.197 e. The second-order valence-electron chi connectivity index (χ2n) is 8.04. The van der Waals surface area contributed by atoms with Gasteiger partial charge in [-0.15, -0.1) is 11.3 Å². The molecule has 2 aromatic carbocycles. The van der Waals surface area contributed by atoms with Gasteiger partial charge in [0.1, 0.15) is 11.8 Å². The van der Waals surface area contributed by atoms with Gasteiger partial charge >= 0.3 is 0 Å². The van der Waals surface area contributed by atoms with Crippen molar-refractivity contribution < 1.29 is 0 Å². The third-order valence-electron chi connectivity index (χ3n) is 5.74. The number of nitrogens with one attached hydrogen (secondary N) is 3. The van der Waals surface area contributed by atoms with Gasteiger partial charge in [-0.2, -0.15) is 0 Å². The van der Waals surface area contributed by atoms with Gasteiger partial charge in [-0.25, -0.2) is 15.0 Å². The van der Waals surface area contributed by atoms with Crippen LogP contribution in [0.4, 0.5) is 11.5 Å². The van der Waals surface area contributed by atoms with E-state index in [2.05, 4.69) is 55.5 Å². The van der Waals surface area contributed by atoms with E-state index in [0.717, 1.165) is 68.9 Å². The number of hydrogen-bond donors (Lipinski definition) is 3. The van der Waals surface area contributed by atoms with E-state index in [1.165, 1.54) is 6.33 Å². The van der Waals surface area contributed by atoms with Gasteiger partial charge in [-0.05, 0) is 37.7 Å². The predicted molar refractivity (Wildman–Crippen MR) is 136 cm³/mol. The number of aromatic nitrogens is 4. The van der Waals surface area contributed by atoms with Crippen molar-refractivity contribution in [2.24, 2.45) is 0 Å². The normalized spacial score (nSPS) is 11.6. The number of aryl methyl sites for hydroxylation is 1. The van der Waals surface area contributed by atoms with Crippen molar-refractivity contribution in [2.45, 2.75) is 6.92 Å². The topological polar surface area (TPSA) is 98.8 Å². The number of aromatic amines is 1. The van der Waals surface area contributed by atoms with Crippen molar-refractivity contribution in [3.63, 3.8) is 0 Å². The molecule has 8 nitrogen and oxygen atoms in total. The minimum absolute atomic E-state index is 0.0954. The number of H-pyrrole nitrogens is 1. The number of nitrogens with zero attached hydrogens (tertiary/aromatic N) is 4. The summed E-state index contributed by atoms with van der Waals surface area (Å²) >= 11 is 1.68. The summed E-state index contributed by atoms with van der Waals surface area (Å²) in [6.45, 7) is 5.23. The van der Waals surface area contributed by atoms with Crippen LogP contribution in [-0.4, -0.2) is 58.1 Å². The average Bonchev–Trinajstić information content (AvgIpc) is 3.31. The Hall–Kier alpha value is -3.56. The van der Waals surface area contributed by atoms with Gasteiger partial charge in [-0.1, -0.05) is 18.2 Å². The fourth-order valence-electron chi connectivity index (χ4n) is 3.94. The summed E-state index contributed by atoms with van der Waals surface area (Å²) < 4.78 is 2.08. The minimum atomic E-state index is 0.0954. The quantitative estimate of drug-likeness (QED) is 0.303. The van der Waals surface area contributed by atoms with Crippen molar-refractivity contribution >= 4 is 54.2 Å². The fraction of sp³-hybridized carbons (Fsp3) is 0.250. The highest BCUT2D eigenvalue weighted by molar-refractivity contribution is 7.24. The summed E-state index contributed by atoms with van der Waals surface area (Å²) in [5.74, 6) is 0.756. The number of hydrogen-bond acceptors (Lipinski definition) is 8. The maximum atomic E-state index is 13.2. The van der Waals surface area contributed by atoms with E-state index < -0.39 is 0 Å². The Morgan fingerprint density at radius 1 is 1.03 bits per heavy atom. The van der Waals surface area contributed by atoms with E-state index in [4.69, 9.17) is 0 Å². The van der Waals surface area contributed by atoms with Crippen molar-refractivity contribution in [3.8, 4) is 0 Å². The largest absolute Gasteiger partial charge is 0.383 e. The summed E-state index contributed by atoms with van der Waals surface area (Å²) in [7, 11) is 2.08. The van der Waals surface area contributed by atoms with E-state index in [1.54, 1.807) is 17.7 Å². The van der Waals surface area contributed by atoms with Crippen LogP contribution in [0.3, 0.4) is 0 Å². The summed E-state index contributed by atoms with van der Waals surface area (Å²) in [5.41, 5.74) is 3.59. The van der Waals surface area contributed by atoms with Crippen molar-refractivity contribution in [2.75, 3.05) is 43.9 Å². The molecular weight excluding hydrogens is 434 g/mol. The zero-order valence-corrected chi connectivity index (χ0v) is 19.4. The van der Waals surface area contributed by atoms with Gasteiger partial charge in [0.15, 0.2) is 16.9 Å². The molecule has 0 unspecified atom stereocenters. The van der Waals surface area contributed by atoms with Crippen LogP contribution in [0, 0.1) is 6.92 Å². The zero-order chi connectivity index (χ0) is 22.8. The third-order valence-corrected chi connectivity index (χ3v) is 7.05. The Morgan fingerprint density at radius 2 is 1.85 bits per heavy atom. The maximum Gasteiger partial charge on any atom is 0.197 e. The standard InChI is InChI=1S/C24H25N7OS/c1-15-7-8-17(19-21(32)16-5-3-4-6-18(16)33-22(15)19)25-9-11-31(2)12-10-26-23-20-24(28-13-27-20)30-14-29-23/h3-8,13-14,25H,9-12H2,1-2H3,(H2,26,27,28,29,30). The maximum absolute atomic E-state index is 13.2. The molecule has 0 fully saturated rings. The molecule has 0 saturated heterocycles. The molecule has 0 atom stereocenters. The predicted octanol–water partition coefficient (Wildman–Crippen LogP) is 3.85. The number of fused-ring (bicyclic) bond motifs is 3. The van der Waals surface area contributed by atoms with Crippen LogP contribution in [0.1, 0.15) is 5.56 Å². The lowest BCUT2D eigenvalue weighted by atomic mass is 10.1. The van der Waals surface area contributed by atoms with Crippen LogP contribution in [0.5, 0.6) is 0 Å². The number of benzene rings is 2. The molecule has 0 aliphatic carbocycles. The first-order chi connectivity index (χ1) is 16.1. The summed E-state index contributed by atoms with van der Waals surface area (Å²) in [6.07, 6.45) is 3.13. The third kappa shape index (κ3) is 4.24. The van der Waals surface area contributed by atoms with E-state index in [0.29, 0.717) is 5.65 Å². The lowest BCUT2D eigenvalue weighted by Crippen LogP contribution is -2.30. The SMILES string of the molecule is Cc1ccc(NCCN(C)CCNc2ncnc3nc[nH]c23)c2c(=O)c3ccccc3sc12. The average molecular weight is 460 g/mol. The van der Waals surface area contributed by atoms with Crippen LogP contribution >= 0.6 is 11.3 Å². The van der Waals surface area contributed by atoms with Crippen LogP contribution in [0.2, 0.25) is 0 Å². The second kappa shape index (κ2) is 9.13. The highest BCUT2D eigenvalue weighted by atomic mass is 32.1. The molecule has 0 amide bonds. The van der Waals surface area contributed by atoms with Crippen LogP contribution in [-0.2, 0) is 0 Å². The summed E-state index contributed by atoms with van der Waals surface area (Å²) in [5, 5.41) is 8.40. The minimum Gasteiger partial charge on any atom is -0.383 e. The van der Waals surface area contributed by atoms with Gasteiger partial charge < -0.3 is 20.5 Å². The summed E-state index contributed by atoms with van der Waals surface area (Å²) in [4.78, 5) is 31.1. The summed E-state index contributed by atoms with van der Waals surface area (Å²) in [6, 6.07) is 11.9. The molecule has 5 aromatic rings. The number of anilines is 2. The molecular formula is C24H25N7OS. The monoisotopic (exact) mass is 459 g/mol. The molecule has 5 rings (SSSR count). The molecule has 3 aromatic heterocycles. The lowest BCUT2D eigenvalue weighted by Gasteiger charge is -2.18. The fourth-order valence-corrected chi connectivity index (χ4v) is 5.11. The molecule has 0 saturated carbocycles. The molecule has 0 aliphatic rings. The molecule has 9 heteroatoms. The van der Waals surface area contributed by atoms with Crippen molar-refractivity contribution in [1.29, 1.82) is 0 Å². The van der Waals surface area contributed by atoms with E-state index in [1.807, 2.05) is 30.3 Å². The highest BCUT2D eigenvalue weighted by Gasteiger charge is 2.12. The molecule has 3 N–H and O–H groups in total. The highest BCUT2D eigenvalue weighted by Crippen LogP contribution is 2.31. The lowest BCUT2D eigenvalue weighted by molar-refractivity contribution is 0.361. The molecule has 0 aliphatic heterocycles. The van der Waals surface area contributed by atoms with Gasteiger partial charge in [0.25, 0.3) is 0 Å². The number of rotatable bonds is 8. The zero-order valence-electron chi connectivity index (χ0n) is 18.6. The molecule has 0 bridgehead atoms. The Bertz CT molecular complexity index is 1490. The van der Waals surface area contributed by atoms with Crippen molar-refractivity contribution in [3.05, 3.63) is 64.8 Å². The first kappa shape index (κ1) is 21.3. The van der Waals surface area contributed by atoms with Crippen LogP contribution in [0.25, 0.3) is 31.3 Å². The Morgan fingerprint density at radius 3 is 2.73 bits per heavy atom. The van der Waals surface area contributed by atoms with Crippen LogP contribution < -0.4 is 16.1 Å². The molecule has 168 valence electrons. The number of likely N-dealkylation sites (N-methyl/N-ethyl adjacent to an activating group) is 1. The Labute approximate surface area is 194 Å². The van der Waals surface area contributed by atoms with Crippen LogP contribution in [0.15, 0.2) is 53.8 Å². The second-order valence-corrected chi connectivity index (χ2v) is 9.09. The van der Waals surface area contributed by atoms with E-state index >= 15 is 0 Å². The van der Waals surface area contributed by atoms with Crippen molar-refractivity contribution in [1.82, 2.24) is 24.8 Å². The Balaban J connectivity index is 1.23. The van der Waals surface area contributed by atoms with E-state index in [-0.39, 0.29) is 5.43 Å². The van der Waals surface area contributed by atoms with Gasteiger partial charge in [-0.3, -0.25) is 4.79 Å². The van der Waals surface area contributed by atoms with Gasteiger partial charge in [0.05, 0.1) is 11.7 Å². The number of imidazole rings is 1. The van der Waals surface area contributed by atoms with Gasteiger partial charge in [0, 0.05) is 46.7 Å². The first-order valence-electron chi connectivity index (χ1n) is 10.9. The van der Waals surface area contributed by atoms with Gasteiger partial charge in [0.2, 0.25) is 0 Å². The molecule has 3 heterocycles.